The first-order valence-corrected chi connectivity index (χ1v) is 9.57. The number of nitrogens with one attached hydrogen (secondary N) is 2. The molecule has 2 amide bonds. The second kappa shape index (κ2) is 7.96. The van der Waals surface area contributed by atoms with E-state index in [2.05, 4.69) is 20.7 Å². The van der Waals surface area contributed by atoms with Crippen molar-refractivity contribution in [2.75, 3.05) is 10.6 Å². The molecule has 4 aromatic rings. The van der Waals surface area contributed by atoms with Crippen LogP contribution < -0.4 is 10.6 Å². The van der Waals surface area contributed by atoms with Crippen LogP contribution in [0.25, 0.3) is 11.0 Å². The molecule has 0 aliphatic rings. The van der Waals surface area contributed by atoms with Crippen LogP contribution in [0.4, 0.5) is 11.4 Å². The summed E-state index contributed by atoms with van der Waals surface area (Å²) in [7, 11) is 1.81. The van der Waals surface area contributed by atoms with Gasteiger partial charge < -0.3 is 10.6 Å². The summed E-state index contributed by atoms with van der Waals surface area (Å²) in [5.41, 5.74) is 3.33. The highest BCUT2D eigenvalue weighted by Crippen LogP contribution is 2.24. The van der Waals surface area contributed by atoms with Gasteiger partial charge in [0.25, 0.3) is 11.8 Å². The summed E-state index contributed by atoms with van der Waals surface area (Å²) in [4.78, 5) is 29.7. The Kier molecular flexibility index (Phi) is 5.20. The largest absolute Gasteiger partial charge is 0.320 e. The van der Waals surface area contributed by atoms with E-state index in [-0.39, 0.29) is 11.8 Å². The number of fused-ring (bicyclic) bond motifs is 1. The number of aromatic nitrogens is 3. The van der Waals surface area contributed by atoms with Gasteiger partial charge in [0.1, 0.15) is 0 Å². The van der Waals surface area contributed by atoms with Gasteiger partial charge in [-0.3, -0.25) is 14.3 Å². The minimum absolute atomic E-state index is 0.303. The summed E-state index contributed by atoms with van der Waals surface area (Å²) >= 11 is 5.88. The lowest BCUT2D eigenvalue weighted by Crippen LogP contribution is -2.17. The van der Waals surface area contributed by atoms with Crippen LogP contribution in [0.15, 0.2) is 60.8 Å². The molecule has 2 aromatic heterocycles. The van der Waals surface area contributed by atoms with Gasteiger partial charge in [0.15, 0.2) is 5.65 Å². The van der Waals surface area contributed by atoms with Crippen LogP contribution in [0.2, 0.25) is 5.02 Å². The molecule has 0 fully saturated rings. The molecule has 0 saturated heterocycles. The number of nitrogens with zero attached hydrogens (tertiary/aromatic N) is 3. The molecule has 8 heteroatoms. The minimum Gasteiger partial charge on any atom is -0.320 e. The third kappa shape index (κ3) is 3.88. The van der Waals surface area contributed by atoms with Crippen molar-refractivity contribution in [3.05, 3.63) is 82.6 Å². The van der Waals surface area contributed by atoms with Crippen LogP contribution in [0.1, 0.15) is 26.4 Å². The first-order valence-electron chi connectivity index (χ1n) is 9.19. The van der Waals surface area contributed by atoms with Crippen molar-refractivity contribution < 1.29 is 9.59 Å². The van der Waals surface area contributed by atoms with Gasteiger partial charge in [-0.25, -0.2) is 4.98 Å². The number of para-hydroxylation sites is 2. The maximum absolute atomic E-state index is 12.8. The molecule has 0 aliphatic carbocycles. The van der Waals surface area contributed by atoms with Crippen LogP contribution in [-0.2, 0) is 7.05 Å². The number of hydrogen-bond donors (Lipinski definition) is 2. The van der Waals surface area contributed by atoms with Gasteiger partial charge in [0.05, 0.1) is 22.6 Å². The Balaban J connectivity index is 1.56. The molecule has 0 radical (unpaired) electrons. The fourth-order valence-electron chi connectivity index (χ4n) is 3.12. The lowest BCUT2D eigenvalue weighted by Gasteiger charge is -2.12. The second-order valence-corrected chi connectivity index (χ2v) is 7.20. The fourth-order valence-corrected chi connectivity index (χ4v) is 3.25. The maximum Gasteiger partial charge on any atom is 0.257 e. The highest BCUT2D eigenvalue weighted by atomic mass is 35.5. The number of anilines is 2. The van der Waals surface area contributed by atoms with Crippen molar-refractivity contribution in [2.45, 2.75) is 6.92 Å². The molecule has 0 saturated carbocycles. The molecule has 2 N–H and O–H groups in total. The average molecular weight is 420 g/mol. The zero-order valence-electron chi connectivity index (χ0n) is 16.3. The average Bonchev–Trinajstić information content (AvgIpc) is 3.03. The third-order valence-electron chi connectivity index (χ3n) is 4.66. The number of hydrogen-bond acceptors (Lipinski definition) is 4. The first kappa shape index (κ1) is 19.6. The molecule has 0 bridgehead atoms. The maximum atomic E-state index is 12.8. The van der Waals surface area contributed by atoms with Crippen molar-refractivity contribution in [3.8, 4) is 0 Å². The topological polar surface area (TPSA) is 88.9 Å². The Labute approximate surface area is 177 Å². The number of pyridine rings is 1. The van der Waals surface area contributed by atoms with E-state index in [0.29, 0.717) is 33.2 Å². The minimum atomic E-state index is -0.333. The highest BCUT2D eigenvalue weighted by Gasteiger charge is 2.15. The normalized spacial score (nSPS) is 10.8. The predicted octanol–water partition coefficient (Wildman–Crippen LogP) is 4.43. The fraction of sp³-hybridized carbons (Fsp3) is 0.0909. The molecule has 0 spiro atoms. The summed E-state index contributed by atoms with van der Waals surface area (Å²) in [5, 5.41) is 11.3. The number of aryl methyl sites for hydroxylation is 2. The smallest absolute Gasteiger partial charge is 0.257 e. The molecule has 30 heavy (non-hydrogen) atoms. The Morgan fingerprint density at radius 2 is 1.53 bits per heavy atom. The van der Waals surface area contributed by atoms with Crippen molar-refractivity contribution in [1.29, 1.82) is 0 Å². The van der Waals surface area contributed by atoms with Crippen LogP contribution in [-0.4, -0.2) is 26.6 Å². The molecular weight excluding hydrogens is 402 g/mol. The van der Waals surface area contributed by atoms with E-state index in [1.165, 1.54) is 6.20 Å². The van der Waals surface area contributed by atoms with E-state index in [9.17, 15) is 9.59 Å². The summed E-state index contributed by atoms with van der Waals surface area (Å²) in [6, 6.07) is 15.3. The van der Waals surface area contributed by atoms with E-state index in [0.717, 1.165) is 11.1 Å². The van der Waals surface area contributed by atoms with Crippen LogP contribution in [0, 0.1) is 6.92 Å². The Morgan fingerprint density at radius 1 is 0.933 bits per heavy atom. The molecule has 0 unspecified atom stereocenters. The zero-order valence-corrected chi connectivity index (χ0v) is 17.1. The predicted molar refractivity (Wildman–Crippen MR) is 117 cm³/mol. The lowest BCUT2D eigenvalue weighted by atomic mass is 10.1. The van der Waals surface area contributed by atoms with E-state index >= 15 is 0 Å². The number of carbonyl (C=O) groups excluding carboxylic acids is 2. The summed E-state index contributed by atoms with van der Waals surface area (Å²) < 4.78 is 1.67. The van der Waals surface area contributed by atoms with E-state index in [1.54, 1.807) is 59.3 Å². The van der Waals surface area contributed by atoms with Crippen molar-refractivity contribution in [1.82, 2.24) is 14.8 Å². The number of carbonyl (C=O) groups is 2. The highest BCUT2D eigenvalue weighted by molar-refractivity contribution is 6.30. The number of halogens is 1. The van der Waals surface area contributed by atoms with Gasteiger partial charge in [0.2, 0.25) is 0 Å². The monoisotopic (exact) mass is 419 g/mol. The molecule has 7 nitrogen and oxygen atoms in total. The van der Waals surface area contributed by atoms with Gasteiger partial charge in [-0.1, -0.05) is 23.7 Å². The van der Waals surface area contributed by atoms with Gasteiger partial charge >= 0.3 is 0 Å². The summed E-state index contributed by atoms with van der Waals surface area (Å²) in [6.07, 6.45) is 1.51. The molecule has 0 aliphatic heterocycles. The van der Waals surface area contributed by atoms with Crippen LogP contribution in [0.5, 0.6) is 0 Å². The van der Waals surface area contributed by atoms with E-state index < -0.39 is 0 Å². The van der Waals surface area contributed by atoms with E-state index in [4.69, 9.17) is 11.6 Å². The van der Waals surface area contributed by atoms with Gasteiger partial charge in [-0.15, -0.1) is 0 Å². The molecule has 150 valence electrons. The van der Waals surface area contributed by atoms with Crippen molar-refractivity contribution in [2.24, 2.45) is 7.05 Å². The van der Waals surface area contributed by atoms with Crippen LogP contribution >= 0.6 is 11.6 Å². The number of benzene rings is 2. The van der Waals surface area contributed by atoms with Gasteiger partial charge in [0, 0.05) is 29.2 Å². The van der Waals surface area contributed by atoms with Gasteiger partial charge in [-0.2, -0.15) is 5.10 Å². The molecular formula is C22H18ClN5O2. The first-order chi connectivity index (χ1) is 14.4. The van der Waals surface area contributed by atoms with Crippen molar-refractivity contribution in [3.63, 3.8) is 0 Å². The summed E-state index contributed by atoms with van der Waals surface area (Å²) in [6.45, 7) is 1.87. The molecule has 2 heterocycles. The molecule has 2 aromatic carbocycles. The van der Waals surface area contributed by atoms with Gasteiger partial charge in [-0.05, 0) is 49.4 Å². The Morgan fingerprint density at radius 3 is 2.17 bits per heavy atom. The van der Waals surface area contributed by atoms with E-state index in [1.807, 2.05) is 14.0 Å². The Bertz CT molecular complexity index is 1260. The third-order valence-corrected chi connectivity index (χ3v) is 4.91. The Hall–Kier alpha value is -3.71. The summed E-state index contributed by atoms with van der Waals surface area (Å²) in [5.74, 6) is -0.636. The second-order valence-electron chi connectivity index (χ2n) is 6.76. The number of amides is 2. The van der Waals surface area contributed by atoms with Crippen LogP contribution in [0.3, 0.4) is 0 Å². The SMILES string of the molecule is Cc1nn(C)c2ncc(C(=O)Nc3ccccc3NC(=O)c3ccc(Cl)cc3)cc12. The lowest BCUT2D eigenvalue weighted by molar-refractivity contribution is 0.101. The quantitative estimate of drug-likeness (QED) is 0.512. The number of rotatable bonds is 4. The van der Waals surface area contributed by atoms with Crippen molar-refractivity contribution >= 4 is 45.8 Å². The zero-order chi connectivity index (χ0) is 21.3. The standard InChI is InChI=1S/C22H18ClN5O2/c1-13-17-11-15(12-24-20(17)28(2)27-13)22(30)26-19-6-4-3-5-18(19)25-21(29)14-7-9-16(23)10-8-14/h3-12H,1-2H3,(H,25,29)(H,26,30). The molecule has 4 rings (SSSR count). The molecule has 0 atom stereocenters.